The molecule has 2 saturated heterocycles. The number of phosphoric ester groups is 1. The molecule has 2 amide bonds. The first-order valence-electron chi connectivity index (χ1n) is 9.31. The van der Waals surface area contributed by atoms with E-state index in [1.165, 1.54) is 17.0 Å². The van der Waals surface area contributed by atoms with Gasteiger partial charge in [0.2, 0.25) is 0 Å². The van der Waals surface area contributed by atoms with E-state index in [0.29, 0.717) is 11.0 Å². The molecule has 0 radical (unpaired) electrons. The van der Waals surface area contributed by atoms with Crippen molar-refractivity contribution in [3.05, 3.63) is 41.8 Å². The Morgan fingerprint density at radius 1 is 1.15 bits per heavy atom. The van der Waals surface area contributed by atoms with Crippen LogP contribution in [0, 0.1) is 17.5 Å². The molecule has 176 valence electrons. The van der Waals surface area contributed by atoms with E-state index >= 15 is 0 Å². The summed E-state index contributed by atoms with van der Waals surface area (Å²) in [5.74, 6) is -4.17. The smallest absolute Gasteiger partial charge is 0.447 e. The summed E-state index contributed by atoms with van der Waals surface area (Å²) in [4.78, 5) is 46.8. The molecule has 33 heavy (non-hydrogen) atoms. The molecule has 0 spiro atoms. The summed E-state index contributed by atoms with van der Waals surface area (Å²) in [5.41, 5.74) is -1.63. The van der Waals surface area contributed by atoms with E-state index in [2.05, 4.69) is 9.51 Å². The van der Waals surface area contributed by atoms with Gasteiger partial charge in [-0.15, -0.1) is 0 Å². The highest BCUT2D eigenvalue weighted by Gasteiger charge is 2.37. The van der Waals surface area contributed by atoms with Gasteiger partial charge in [0.15, 0.2) is 11.6 Å². The molecule has 2 aromatic rings. The van der Waals surface area contributed by atoms with Gasteiger partial charge in [0.05, 0.1) is 30.9 Å². The van der Waals surface area contributed by atoms with Crippen LogP contribution in [0.2, 0.25) is 0 Å². The summed E-state index contributed by atoms with van der Waals surface area (Å²) in [6, 6.07) is 3.15. The summed E-state index contributed by atoms with van der Waals surface area (Å²) >= 11 is 0. The fourth-order valence-corrected chi connectivity index (χ4v) is 3.68. The number of hydrogen-bond donors (Lipinski definition) is 2. The molecular weight excluding hydrogens is 474 g/mol. The van der Waals surface area contributed by atoms with E-state index in [9.17, 15) is 27.3 Å². The summed E-state index contributed by atoms with van der Waals surface area (Å²) in [6.45, 7) is -0.747. The maximum atomic E-state index is 14.8. The molecule has 2 N–H and O–H groups in total. The normalized spacial score (nSPS) is 18.6. The molecule has 0 unspecified atom stereocenters. The summed E-state index contributed by atoms with van der Waals surface area (Å²) in [5, 5.41) is 0. The Labute approximate surface area is 183 Å². The minimum absolute atomic E-state index is 0.122. The third-order valence-corrected chi connectivity index (χ3v) is 5.29. The zero-order valence-corrected chi connectivity index (χ0v) is 17.4. The topological polar surface area (TPSA) is 139 Å². The Kier molecular flexibility index (Phi) is 6.01. The number of carbonyl (C=O) groups excluding carboxylic acids is 2. The van der Waals surface area contributed by atoms with Crippen LogP contribution in [0.15, 0.2) is 24.4 Å². The SMILES string of the molecule is O=C1OCCN1c1ccc(-c2c(F)cc(N3C[C@H](COP(=O)(O)O)OC3=O)c(F)c2F)cn1. The maximum Gasteiger partial charge on any atom is 0.469 e. The summed E-state index contributed by atoms with van der Waals surface area (Å²) < 4.78 is 69.0. The van der Waals surface area contributed by atoms with Crippen LogP contribution in [0.5, 0.6) is 0 Å². The van der Waals surface area contributed by atoms with Gasteiger partial charge in [-0.25, -0.2) is 32.3 Å². The zero-order chi connectivity index (χ0) is 23.9. The Balaban J connectivity index is 1.58. The number of rotatable bonds is 6. The maximum absolute atomic E-state index is 14.8. The van der Waals surface area contributed by atoms with Gasteiger partial charge in [-0.2, -0.15) is 0 Å². The third kappa shape index (κ3) is 4.64. The fraction of sp³-hybridized carbons (Fsp3) is 0.278. The number of phosphoric acid groups is 1. The van der Waals surface area contributed by atoms with E-state index in [1.54, 1.807) is 0 Å². The van der Waals surface area contributed by atoms with Crippen LogP contribution in [0.25, 0.3) is 11.1 Å². The van der Waals surface area contributed by atoms with Crippen molar-refractivity contribution in [1.82, 2.24) is 4.98 Å². The summed E-state index contributed by atoms with van der Waals surface area (Å²) in [6.07, 6.45) is -1.95. The number of carbonyl (C=O) groups is 2. The van der Waals surface area contributed by atoms with Crippen LogP contribution >= 0.6 is 7.82 Å². The molecule has 0 saturated carbocycles. The van der Waals surface area contributed by atoms with Gasteiger partial charge in [-0.1, -0.05) is 0 Å². The van der Waals surface area contributed by atoms with E-state index in [-0.39, 0.29) is 24.5 Å². The first-order valence-corrected chi connectivity index (χ1v) is 10.8. The number of pyridine rings is 1. The van der Waals surface area contributed by atoms with Crippen molar-refractivity contribution in [3.63, 3.8) is 0 Å². The van der Waals surface area contributed by atoms with Crippen molar-refractivity contribution >= 4 is 31.5 Å². The number of hydrogen-bond acceptors (Lipinski definition) is 7. The first kappa shape index (κ1) is 23.0. The second kappa shape index (κ2) is 8.63. The lowest BCUT2D eigenvalue weighted by Crippen LogP contribution is -2.27. The van der Waals surface area contributed by atoms with E-state index < -0.39 is 68.0 Å². The van der Waals surface area contributed by atoms with Gasteiger partial charge in [0.1, 0.15) is 24.3 Å². The van der Waals surface area contributed by atoms with Crippen molar-refractivity contribution < 1.29 is 51.1 Å². The molecule has 4 rings (SSSR count). The van der Waals surface area contributed by atoms with Gasteiger partial charge in [-0.3, -0.25) is 14.3 Å². The van der Waals surface area contributed by atoms with E-state index in [4.69, 9.17) is 19.3 Å². The van der Waals surface area contributed by atoms with E-state index in [0.717, 1.165) is 6.20 Å². The fourth-order valence-electron chi connectivity index (χ4n) is 3.32. The van der Waals surface area contributed by atoms with Gasteiger partial charge in [0, 0.05) is 17.8 Å². The van der Waals surface area contributed by atoms with Crippen LogP contribution in [-0.4, -0.2) is 59.4 Å². The number of cyclic esters (lactones) is 2. The Bertz CT molecular complexity index is 1160. The number of benzene rings is 1. The lowest BCUT2D eigenvalue weighted by molar-refractivity contribution is 0.0880. The van der Waals surface area contributed by atoms with Crippen LogP contribution in [0.1, 0.15) is 0 Å². The molecule has 2 aliphatic heterocycles. The highest BCUT2D eigenvalue weighted by Crippen LogP contribution is 2.38. The lowest BCUT2D eigenvalue weighted by Gasteiger charge is -2.17. The molecule has 2 fully saturated rings. The van der Waals surface area contributed by atoms with E-state index in [1.807, 2.05) is 0 Å². The van der Waals surface area contributed by atoms with Crippen molar-refractivity contribution in [3.8, 4) is 11.1 Å². The van der Waals surface area contributed by atoms with Crippen LogP contribution in [0.4, 0.5) is 34.3 Å². The number of ether oxygens (including phenoxy) is 2. The van der Waals surface area contributed by atoms with Crippen molar-refractivity contribution in [2.24, 2.45) is 0 Å². The molecule has 11 nitrogen and oxygen atoms in total. The summed E-state index contributed by atoms with van der Waals surface area (Å²) in [7, 11) is -4.85. The Morgan fingerprint density at radius 2 is 1.91 bits per heavy atom. The molecule has 2 aliphatic rings. The zero-order valence-electron chi connectivity index (χ0n) is 16.5. The molecule has 0 aliphatic carbocycles. The molecule has 1 aromatic heterocycles. The number of amides is 2. The van der Waals surface area contributed by atoms with Gasteiger partial charge in [-0.05, 0) is 12.1 Å². The van der Waals surface area contributed by atoms with Crippen LogP contribution < -0.4 is 9.80 Å². The lowest BCUT2D eigenvalue weighted by atomic mass is 10.0. The highest BCUT2D eigenvalue weighted by molar-refractivity contribution is 7.46. The predicted molar refractivity (Wildman–Crippen MR) is 104 cm³/mol. The predicted octanol–water partition coefficient (Wildman–Crippen LogP) is 2.56. The van der Waals surface area contributed by atoms with Crippen LogP contribution in [0.3, 0.4) is 0 Å². The first-order chi connectivity index (χ1) is 15.5. The number of anilines is 2. The van der Waals surface area contributed by atoms with Crippen molar-refractivity contribution in [1.29, 1.82) is 0 Å². The standard InChI is InChI=1S/C18H15F3N3O8P/c19-11-5-12(24-7-10(32-18(24)26)8-31-33(27,28)29)15(20)16(21)14(11)9-1-2-13(22-6-9)23-3-4-30-17(23)25/h1-2,5-6,10H,3-4,7-8H2,(H2,27,28,29)/t10-/m1/s1. The molecule has 3 heterocycles. The Hall–Kier alpha value is -3.19. The average molecular weight is 489 g/mol. The molecule has 15 heteroatoms. The largest absolute Gasteiger partial charge is 0.469 e. The number of nitrogens with zero attached hydrogens (tertiary/aromatic N) is 3. The molecular formula is C18H15F3N3O8P. The van der Waals surface area contributed by atoms with Gasteiger partial charge in [0.25, 0.3) is 0 Å². The molecule has 1 atom stereocenters. The third-order valence-electron chi connectivity index (χ3n) is 4.81. The monoisotopic (exact) mass is 489 g/mol. The van der Waals surface area contributed by atoms with Crippen molar-refractivity contribution in [2.75, 3.05) is 36.1 Å². The quantitative estimate of drug-likeness (QED) is 0.463. The second-order valence-electron chi connectivity index (χ2n) is 6.95. The van der Waals surface area contributed by atoms with Gasteiger partial charge < -0.3 is 19.3 Å². The average Bonchev–Trinajstić information content (AvgIpc) is 3.34. The van der Waals surface area contributed by atoms with Gasteiger partial charge >= 0.3 is 20.0 Å². The minimum atomic E-state index is -4.85. The number of halogens is 3. The number of aromatic nitrogens is 1. The second-order valence-corrected chi connectivity index (χ2v) is 8.19. The van der Waals surface area contributed by atoms with Crippen molar-refractivity contribution in [2.45, 2.75) is 6.10 Å². The highest BCUT2D eigenvalue weighted by atomic mass is 31.2. The minimum Gasteiger partial charge on any atom is -0.447 e. The van der Waals surface area contributed by atoms with Crippen LogP contribution in [-0.2, 0) is 18.6 Å². The molecule has 0 bridgehead atoms. The molecule has 1 aromatic carbocycles. The Morgan fingerprint density at radius 3 is 2.52 bits per heavy atom.